The lowest BCUT2D eigenvalue weighted by molar-refractivity contribution is 0.388. The second-order valence-electron chi connectivity index (χ2n) is 6.25. The molecule has 128 valence electrons. The van der Waals surface area contributed by atoms with Gasteiger partial charge in [-0.25, -0.2) is 14.4 Å². The zero-order valence-corrected chi connectivity index (χ0v) is 14.0. The molecule has 1 aliphatic rings. The number of halogens is 1. The van der Waals surface area contributed by atoms with Gasteiger partial charge in [-0.15, -0.1) is 0 Å². The van der Waals surface area contributed by atoms with Crippen LogP contribution in [-0.2, 0) is 0 Å². The highest BCUT2D eigenvalue weighted by Crippen LogP contribution is 2.34. The van der Waals surface area contributed by atoms with Gasteiger partial charge in [-0.05, 0) is 36.6 Å². The third-order valence-corrected chi connectivity index (χ3v) is 4.79. The van der Waals surface area contributed by atoms with Crippen LogP contribution in [0.4, 0.5) is 10.2 Å². The average molecular weight is 338 g/mol. The van der Waals surface area contributed by atoms with E-state index in [9.17, 15) is 4.39 Å². The molecule has 1 fully saturated rings. The molecule has 5 nitrogen and oxygen atoms in total. The summed E-state index contributed by atoms with van der Waals surface area (Å²) in [7, 11) is 1.45. The Balaban J connectivity index is 1.71. The van der Waals surface area contributed by atoms with Gasteiger partial charge in [-0.3, -0.25) is 4.98 Å². The molecule has 1 aromatic carbocycles. The van der Waals surface area contributed by atoms with Crippen molar-refractivity contribution >= 4 is 16.7 Å². The van der Waals surface area contributed by atoms with Crippen molar-refractivity contribution in [1.82, 2.24) is 15.0 Å². The molecule has 25 heavy (non-hydrogen) atoms. The van der Waals surface area contributed by atoms with Gasteiger partial charge in [0.15, 0.2) is 11.6 Å². The summed E-state index contributed by atoms with van der Waals surface area (Å²) >= 11 is 0. The molecule has 3 heterocycles. The zero-order valence-electron chi connectivity index (χ0n) is 14.0. The van der Waals surface area contributed by atoms with Gasteiger partial charge in [-0.2, -0.15) is 0 Å². The smallest absolute Gasteiger partial charge is 0.191 e. The van der Waals surface area contributed by atoms with Gasteiger partial charge in [0.2, 0.25) is 0 Å². The molecule has 1 saturated heterocycles. The Morgan fingerprint density at radius 2 is 2.16 bits per heavy atom. The Labute approximate surface area is 145 Å². The van der Waals surface area contributed by atoms with E-state index in [-0.39, 0.29) is 5.75 Å². The number of benzene rings is 1. The molecule has 0 saturated carbocycles. The first-order chi connectivity index (χ1) is 12.3. The molecule has 0 radical (unpaired) electrons. The Morgan fingerprint density at radius 3 is 2.96 bits per heavy atom. The third-order valence-electron chi connectivity index (χ3n) is 4.79. The molecule has 0 amide bonds. The lowest BCUT2D eigenvalue weighted by atomic mass is 9.91. The number of anilines is 1. The van der Waals surface area contributed by atoms with Crippen LogP contribution in [0.2, 0.25) is 0 Å². The fourth-order valence-corrected chi connectivity index (χ4v) is 3.53. The first-order valence-corrected chi connectivity index (χ1v) is 8.40. The number of rotatable bonds is 3. The highest BCUT2D eigenvalue weighted by Gasteiger charge is 2.24. The molecule has 3 aromatic rings. The van der Waals surface area contributed by atoms with Crippen molar-refractivity contribution in [3.05, 3.63) is 54.4 Å². The molecule has 0 spiro atoms. The van der Waals surface area contributed by atoms with Gasteiger partial charge in [0.25, 0.3) is 0 Å². The summed E-state index contributed by atoms with van der Waals surface area (Å²) in [6.07, 6.45) is 7.32. The molecule has 4 rings (SSSR count). The molecule has 1 aliphatic heterocycles. The van der Waals surface area contributed by atoms with Crippen LogP contribution in [0, 0.1) is 5.82 Å². The highest BCUT2D eigenvalue weighted by molar-refractivity contribution is 5.90. The number of piperidine rings is 1. The van der Waals surface area contributed by atoms with Crippen molar-refractivity contribution in [2.45, 2.75) is 18.8 Å². The minimum absolute atomic E-state index is 0.198. The van der Waals surface area contributed by atoms with E-state index >= 15 is 0 Å². The predicted molar refractivity (Wildman–Crippen MR) is 94.5 cm³/mol. The van der Waals surface area contributed by atoms with Crippen LogP contribution in [-0.4, -0.2) is 35.2 Å². The number of ether oxygens (including phenoxy) is 1. The number of aromatic nitrogens is 3. The maximum absolute atomic E-state index is 14.5. The highest BCUT2D eigenvalue weighted by atomic mass is 19.1. The average Bonchev–Trinajstić information content (AvgIpc) is 2.69. The lowest BCUT2D eigenvalue weighted by Crippen LogP contribution is -2.35. The van der Waals surface area contributed by atoms with E-state index < -0.39 is 5.82 Å². The maximum Gasteiger partial charge on any atom is 0.191 e. The second-order valence-corrected chi connectivity index (χ2v) is 6.25. The number of hydrogen-bond acceptors (Lipinski definition) is 5. The van der Waals surface area contributed by atoms with Crippen molar-refractivity contribution in [3.63, 3.8) is 0 Å². The van der Waals surface area contributed by atoms with Crippen LogP contribution >= 0.6 is 0 Å². The van der Waals surface area contributed by atoms with Crippen molar-refractivity contribution in [2.75, 3.05) is 25.1 Å². The van der Waals surface area contributed by atoms with Gasteiger partial charge in [0.1, 0.15) is 17.7 Å². The largest absolute Gasteiger partial charge is 0.494 e. The van der Waals surface area contributed by atoms with E-state index in [4.69, 9.17) is 4.74 Å². The van der Waals surface area contributed by atoms with Gasteiger partial charge in [0.05, 0.1) is 7.11 Å². The van der Waals surface area contributed by atoms with Crippen LogP contribution in [0.3, 0.4) is 0 Å². The summed E-state index contributed by atoms with van der Waals surface area (Å²) in [6.45, 7) is 1.74. The van der Waals surface area contributed by atoms with Crippen LogP contribution in [0.15, 0.2) is 43.0 Å². The number of hydrogen-bond donors (Lipinski definition) is 0. The lowest BCUT2D eigenvalue weighted by Gasteiger charge is -2.34. The fourth-order valence-electron chi connectivity index (χ4n) is 3.53. The Bertz CT molecular complexity index is 887. The first-order valence-electron chi connectivity index (χ1n) is 8.40. The minimum Gasteiger partial charge on any atom is -0.494 e. The van der Waals surface area contributed by atoms with Crippen molar-refractivity contribution in [2.24, 2.45) is 0 Å². The Hall–Kier alpha value is -2.76. The van der Waals surface area contributed by atoms with E-state index in [1.165, 1.54) is 19.0 Å². The monoisotopic (exact) mass is 338 g/mol. The molecular formula is C19H19FN4O. The standard InChI is InChI=1S/C19H19FN4O/c1-25-16-7-6-15-18(17(16)20)22-12-23-19(15)24-9-3-5-14(11-24)13-4-2-8-21-10-13/h2,4,6-8,10,12,14H,3,5,9,11H2,1H3. The third kappa shape index (κ3) is 2.88. The number of fused-ring (bicyclic) bond motifs is 1. The molecule has 1 atom stereocenters. The molecular weight excluding hydrogens is 319 g/mol. The molecule has 0 N–H and O–H groups in total. The van der Waals surface area contributed by atoms with Crippen molar-refractivity contribution in [3.8, 4) is 5.75 Å². The van der Waals surface area contributed by atoms with E-state index in [1.54, 1.807) is 12.3 Å². The Morgan fingerprint density at radius 1 is 1.24 bits per heavy atom. The quantitative estimate of drug-likeness (QED) is 0.731. The predicted octanol–water partition coefficient (Wildman–Crippen LogP) is 3.56. The fraction of sp³-hybridized carbons (Fsp3) is 0.316. The molecule has 2 aromatic heterocycles. The molecule has 1 unspecified atom stereocenters. The first kappa shape index (κ1) is 15.7. The molecule has 0 bridgehead atoms. The minimum atomic E-state index is -0.440. The number of methoxy groups -OCH3 is 1. The SMILES string of the molecule is COc1ccc2c(N3CCCC(c4cccnc4)C3)ncnc2c1F. The number of nitrogens with zero attached hydrogens (tertiary/aromatic N) is 4. The van der Waals surface area contributed by atoms with E-state index in [0.717, 1.165) is 31.7 Å². The van der Waals surface area contributed by atoms with Crippen LogP contribution in [0.5, 0.6) is 5.75 Å². The number of pyridine rings is 1. The van der Waals surface area contributed by atoms with E-state index in [1.807, 2.05) is 18.3 Å². The van der Waals surface area contributed by atoms with E-state index in [0.29, 0.717) is 16.8 Å². The summed E-state index contributed by atoms with van der Waals surface area (Å²) in [5, 5.41) is 0.715. The second kappa shape index (κ2) is 6.63. The molecule has 6 heteroatoms. The van der Waals surface area contributed by atoms with Gasteiger partial charge in [0, 0.05) is 36.8 Å². The van der Waals surface area contributed by atoms with Gasteiger partial charge < -0.3 is 9.64 Å². The summed E-state index contributed by atoms with van der Waals surface area (Å²) in [6, 6.07) is 7.55. The topological polar surface area (TPSA) is 51.1 Å². The van der Waals surface area contributed by atoms with Crippen LogP contribution in [0.1, 0.15) is 24.3 Å². The summed E-state index contributed by atoms with van der Waals surface area (Å²) in [5.41, 5.74) is 1.53. The van der Waals surface area contributed by atoms with Crippen molar-refractivity contribution < 1.29 is 9.13 Å². The van der Waals surface area contributed by atoms with Gasteiger partial charge in [-0.1, -0.05) is 6.07 Å². The van der Waals surface area contributed by atoms with Crippen molar-refractivity contribution in [1.29, 1.82) is 0 Å². The summed E-state index contributed by atoms with van der Waals surface area (Å²) < 4.78 is 19.6. The summed E-state index contributed by atoms with van der Waals surface area (Å²) in [4.78, 5) is 15.0. The zero-order chi connectivity index (χ0) is 17.2. The van der Waals surface area contributed by atoms with Crippen LogP contribution in [0.25, 0.3) is 10.9 Å². The van der Waals surface area contributed by atoms with Gasteiger partial charge >= 0.3 is 0 Å². The van der Waals surface area contributed by atoms with E-state index in [2.05, 4.69) is 25.9 Å². The summed E-state index contributed by atoms with van der Waals surface area (Å²) in [5.74, 6) is 0.934. The molecule has 0 aliphatic carbocycles. The maximum atomic E-state index is 14.5. The normalized spacial score (nSPS) is 17.7. The Kier molecular flexibility index (Phi) is 4.17. The van der Waals surface area contributed by atoms with Crippen LogP contribution < -0.4 is 9.64 Å².